The van der Waals surface area contributed by atoms with Crippen molar-refractivity contribution in [3.63, 3.8) is 0 Å². The molecule has 0 saturated heterocycles. The van der Waals surface area contributed by atoms with Gasteiger partial charge in [0.2, 0.25) is 10.0 Å². The molecule has 1 amide bonds. The van der Waals surface area contributed by atoms with Gasteiger partial charge in [-0.3, -0.25) is 4.79 Å². The molecule has 0 radical (unpaired) electrons. The Labute approximate surface area is 175 Å². The van der Waals surface area contributed by atoms with Crippen LogP contribution in [0.1, 0.15) is 27.3 Å². The van der Waals surface area contributed by atoms with Gasteiger partial charge < -0.3 is 9.88 Å². The van der Waals surface area contributed by atoms with Crippen molar-refractivity contribution in [2.45, 2.75) is 24.9 Å². The van der Waals surface area contributed by atoms with Crippen molar-refractivity contribution in [1.82, 2.24) is 4.57 Å². The van der Waals surface area contributed by atoms with E-state index >= 15 is 0 Å². The Morgan fingerprint density at radius 3 is 2.19 bits per heavy atom. The van der Waals surface area contributed by atoms with Gasteiger partial charge in [0, 0.05) is 17.1 Å². The Bertz CT molecular complexity index is 1260. The first-order chi connectivity index (χ1) is 14.3. The summed E-state index contributed by atoms with van der Waals surface area (Å²) in [5.41, 5.74) is -0.552. The number of alkyl halides is 3. The standard InChI is InChI=1S/C20H17F4N3O3S/c1-11-9-16(19(28)26-14-4-6-15(7-5-14)31(25,29)30)12(2)27(11)18-8-3-13(21)10-17(18)20(22,23)24/h3-10H,1-2H3,(H,26,28)(H2,25,29,30). The van der Waals surface area contributed by atoms with Crippen molar-refractivity contribution in [1.29, 1.82) is 0 Å². The number of carbonyl (C=O) groups is 1. The zero-order chi connectivity index (χ0) is 23.1. The van der Waals surface area contributed by atoms with Crippen LogP contribution < -0.4 is 10.5 Å². The molecule has 0 atom stereocenters. The van der Waals surface area contributed by atoms with Crippen LogP contribution in [0.4, 0.5) is 23.2 Å². The smallest absolute Gasteiger partial charge is 0.322 e. The first kappa shape index (κ1) is 22.5. The number of rotatable bonds is 4. The van der Waals surface area contributed by atoms with Crippen LogP contribution in [0, 0.1) is 19.7 Å². The molecule has 2 aromatic carbocycles. The summed E-state index contributed by atoms with van der Waals surface area (Å²) in [5.74, 6) is -1.64. The molecule has 0 aliphatic heterocycles. The third-order valence-electron chi connectivity index (χ3n) is 4.62. The van der Waals surface area contributed by atoms with E-state index in [2.05, 4.69) is 5.32 Å². The van der Waals surface area contributed by atoms with E-state index in [9.17, 15) is 30.8 Å². The average Bonchev–Trinajstić information content (AvgIpc) is 2.95. The molecule has 0 unspecified atom stereocenters. The van der Waals surface area contributed by atoms with Crippen LogP contribution in [-0.2, 0) is 16.2 Å². The first-order valence-electron chi connectivity index (χ1n) is 8.79. The number of carbonyl (C=O) groups excluding carboxylic acids is 1. The van der Waals surface area contributed by atoms with Gasteiger partial charge in [-0.15, -0.1) is 0 Å². The highest BCUT2D eigenvalue weighted by Crippen LogP contribution is 2.36. The maximum atomic E-state index is 13.5. The van der Waals surface area contributed by atoms with Crippen molar-refractivity contribution in [3.05, 3.63) is 76.9 Å². The number of anilines is 1. The number of sulfonamides is 1. The summed E-state index contributed by atoms with van der Waals surface area (Å²) < 4.78 is 77.6. The van der Waals surface area contributed by atoms with Gasteiger partial charge >= 0.3 is 6.18 Å². The van der Waals surface area contributed by atoms with E-state index in [0.717, 1.165) is 12.1 Å². The van der Waals surface area contributed by atoms with Gasteiger partial charge in [0.15, 0.2) is 0 Å². The lowest BCUT2D eigenvalue weighted by atomic mass is 10.1. The van der Waals surface area contributed by atoms with Crippen LogP contribution >= 0.6 is 0 Å². The van der Waals surface area contributed by atoms with Crippen LogP contribution in [0.2, 0.25) is 0 Å². The zero-order valence-corrected chi connectivity index (χ0v) is 17.1. The second-order valence-corrected chi connectivity index (χ2v) is 8.36. The van der Waals surface area contributed by atoms with E-state index in [1.165, 1.54) is 48.7 Å². The molecule has 1 heterocycles. The highest BCUT2D eigenvalue weighted by Gasteiger charge is 2.35. The van der Waals surface area contributed by atoms with Crippen molar-refractivity contribution < 1.29 is 30.8 Å². The van der Waals surface area contributed by atoms with Crippen LogP contribution in [0.15, 0.2) is 53.4 Å². The topological polar surface area (TPSA) is 94.2 Å². The Morgan fingerprint density at radius 1 is 1.03 bits per heavy atom. The molecule has 11 heteroatoms. The second kappa shape index (κ2) is 7.82. The minimum atomic E-state index is -4.80. The molecule has 0 fully saturated rings. The van der Waals surface area contributed by atoms with Gasteiger partial charge in [-0.25, -0.2) is 17.9 Å². The monoisotopic (exact) mass is 455 g/mol. The van der Waals surface area contributed by atoms with Crippen molar-refractivity contribution in [2.24, 2.45) is 5.14 Å². The number of halogens is 4. The molecule has 0 spiro atoms. The Balaban J connectivity index is 1.98. The van der Waals surface area contributed by atoms with Gasteiger partial charge in [0.05, 0.1) is 21.7 Å². The molecule has 164 valence electrons. The summed E-state index contributed by atoms with van der Waals surface area (Å²) >= 11 is 0. The highest BCUT2D eigenvalue weighted by atomic mass is 32.2. The Morgan fingerprint density at radius 2 is 1.65 bits per heavy atom. The van der Waals surface area contributed by atoms with Crippen molar-refractivity contribution >= 4 is 21.6 Å². The number of nitrogens with zero attached hydrogens (tertiary/aromatic N) is 1. The normalized spacial score (nSPS) is 12.1. The molecule has 1 aromatic heterocycles. The summed E-state index contributed by atoms with van der Waals surface area (Å²) in [6.07, 6.45) is -4.80. The zero-order valence-electron chi connectivity index (χ0n) is 16.3. The third kappa shape index (κ3) is 4.62. The fraction of sp³-hybridized carbons (Fsp3) is 0.150. The molecule has 3 N–H and O–H groups in total. The van der Waals surface area contributed by atoms with Gasteiger partial charge in [-0.05, 0) is 62.4 Å². The molecule has 0 saturated carbocycles. The predicted octanol–water partition coefficient (Wildman–Crippen LogP) is 4.15. The molecule has 31 heavy (non-hydrogen) atoms. The quantitative estimate of drug-likeness (QED) is 0.579. The number of aromatic nitrogens is 1. The molecule has 0 bridgehead atoms. The number of aryl methyl sites for hydroxylation is 1. The lowest BCUT2D eigenvalue weighted by Crippen LogP contribution is -2.15. The summed E-state index contributed by atoms with van der Waals surface area (Å²) in [4.78, 5) is 12.6. The summed E-state index contributed by atoms with van der Waals surface area (Å²) in [7, 11) is -3.89. The maximum absolute atomic E-state index is 13.5. The largest absolute Gasteiger partial charge is 0.418 e. The Hall–Kier alpha value is -3.18. The second-order valence-electron chi connectivity index (χ2n) is 6.80. The highest BCUT2D eigenvalue weighted by molar-refractivity contribution is 7.89. The summed E-state index contributed by atoms with van der Waals surface area (Å²) in [6.45, 7) is 2.99. The van der Waals surface area contributed by atoms with E-state index in [-0.39, 0.29) is 27.5 Å². The third-order valence-corrected chi connectivity index (χ3v) is 5.55. The van der Waals surface area contributed by atoms with Gasteiger partial charge in [0.25, 0.3) is 5.91 Å². The number of nitrogens with two attached hydrogens (primary N) is 1. The number of amides is 1. The lowest BCUT2D eigenvalue weighted by molar-refractivity contribution is -0.137. The van der Waals surface area contributed by atoms with E-state index in [1.54, 1.807) is 0 Å². The molecular weight excluding hydrogens is 438 g/mol. The fourth-order valence-electron chi connectivity index (χ4n) is 3.22. The van der Waals surface area contributed by atoms with Crippen molar-refractivity contribution in [3.8, 4) is 5.69 Å². The Kier molecular flexibility index (Phi) is 5.68. The van der Waals surface area contributed by atoms with Gasteiger partial charge in [-0.1, -0.05) is 0 Å². The lowest BCUT2D eigenvalue weighted by Gasteiger charge is -2.17. The van der Waals surface area contributed by atoms with E-state index in [0.29, 0.717) is 11.8 Å². The van der Waals surface area contributed by atoms with E-state index < -0.39 is 33.5 Å². The van der Waals surface area contributed by atoms with Crippen molar-refractivity contribution in [2.75, 3.05) is 5.32 Å². The van der Waals surface area contributed by atoms with E-state index in [1.807, 2.05) is 0 Å². The average molecular weight is 455 g/mol. The fourth-order valence-corrected chi connectivity index (χ4v) is 3.74. The van der Waals surface area contributed by atoms with Gasteiger partial charge in [-0.2, -0.15) is 13.2 Å². The molecule has 3 aromatic rings. The number of hydrogen-bond donors (Lipinski definition) is 2. The molecule has 0 aliphatic rings. The van der Waals surface area contributed by atoms with Crippen LogP contribution in [0.3, 0.4) is 0 Å². The number of hydrogen-bond acceptors (Lipinski definition) is 3. The minimum absolute atomic E-state index is 0.102. The number of primary sulfonamides is 1. The SMILES string of the molecule is Cc1cc(C(=O)Nc2ccc(S(N)(=O)=O)cc2)c(C)n1-c1ccc(F)cc1C(F)(F)F. The number of nitrogens with one attached hydrogen (secondary N) is 1. The molecule has 3 rings (SSSR count). The summed E-state index contributed by atoms with van der Waals surface area (Å²) in [5, 5.41) is 7.58. The van der Waals surface area contributed by atoms with Crippen LogP contribution in [0.25, 0.3) is 5.69 Å². The minimum Gasteiger partial charge on any atom is -0.322 e. The van der Waals surface area contributed by atoms with Crippen LogP contribution in [-0.4, -0.2) is 18.9 Å². The first-order valence-corrected chi connectivity index (χ1v) is 10.3. The van der Waals surface area contributed by atoms with Crippen LogP contribution in [0.5, 0.6) is 0 Å². The van der Waals surface area contributed by atoms with E-state index in [4.69, 9.17) is 5.14 Å². The predicted molar refractivity (Wildman–Crippen MR) is 106 cm³/mol. The van der Waals surface area contributed by atoms with Gasteiger partial charge in [0.1, 0.15) is 5.82 Å². The maximum Gasteiger partial charge on any atom is 0.418 e. The summed E-state index contributed by atoms with van der Waals surface area (Å²) in [6, 6.07) is 8.82. The molecule has 6 nitrogen and oxygen atoms in total. The molecular formula is C20H17F4N3O3S. The molecule has 0 aliphatic carbocycles. The number of benzene rings is 2.